The maximum absolute atomic E-state index is 15.2. The van der Waals surface area contributed by atoms with Crippen LogP contribution in [0.3, 0.4) is 0 Å². The van der Waals surface area contributed by atoms with Crippen LogP contribution in [0.2, 0.25) is 26.2 Å². The highest BCUT2D eigenvalue weighted by Crippen LogP contribution is 2.64. The lowest BCUT2D eigenvalue weighted by atomic mass is 9.44. The molecule has 1 saturated heterocycles. The third-order valence-corrected chi connectivity index (χ3v) is 17.1. The summed E-state index contributed by atoms with van der Waals surface area (Å²) in [4.78, 5) is 42.0. The summed E-state index contributed by atoms with van der Waals surface area (Å²) >= 11 is 0. The monoisotopic (exact) mass is 706 g/mol. The van der Waals surface area contributed by atoms with Crippen molar-refractivity contribution in [3.05, 3.63) is 47.0 Å². The molecule has 3 fully saturated rings. The molecule has 1 aromatic carbocycles. The third-order valence-electron chi connectivity index (χ3n) is 11.3. The number of aliphatic hydroxyl groups excluding tert-OH is 2. The molecule has 3 aliphatic carbocycles. The number of carbonyl (C=O) groups is 3. The molecular weight excluding hydrogens is 657 g/mol. The van der Waals surface area contributed by atoms with Crippen LogP contribution >= 0.6 is 0 Å². The molecule has 14 heteroatoms. The Labute approximate surface area is 284 Å². The minimum absolute atomic E-state index is 0.0787. The number of carbonyl (C=O) groups excluding carboxylic acids is 3. The number of ether oxygens (including phenoxy) is 3. The first-order valence-corrected chi connectivity index (χ1v) is 22.1. The van der Waals surface area contributed by atoms with Gasteiger partial charge in [-0.05, 0) is 63.3 Å². The average Bonchev–Trinajstić information content (AvgIpc) is 2.98. The lowest BCUT2D eigenvalue weighted by Crippen LogP contribution is -2.82. The molecule has 266 valence electrons. The second-order valence-electron chi connectivity index (χ2n) is 15.4. The molecule has 0 radical (unpaired) electrons. The van der Waals surface area contributed by atoms with Crippen molar-refractivity contribution in [3.8, 4) is 0 Å². The van der Waals surface area contributed by atoms with Gasteiger partial charge in [-0.2, -0.15) is 0 Å². The van der Waals surface area contributed by atoms with Crippen LogP contribution in [0.4, 0.5) is 0 Å². The van der Waals surface area contributed by atoms with E-state index in [4.69, 9.17) is 27.2 Å². The van der Waals surface area contributed by atoms with Crippen molar-refractivity contribution >= 4 is 34.8 Å². The topological polar surface area (TPSA) is 167 Å². The van der Waals surface area contributed by atoms with Gasteiger partial charge in [-0.1, -0.05) is 32.0 Å². The Kier molecular flexibility index (Phi) is 9.40. The van der Waals surface area contributed by atoms with Gasteiger partial charge in [0, 0.05) is 32.3 Å². The molecule has 5 rings (SSSR count). The van der Waals surface area contributed by atoms with Gasteiger partial charge in [0.1, 0.15) is 23.9 Å². The Hall–Kier alpha value is -2.28. The number of Topliss-reactive ketones (excluding diaryl/α,β-unsaturated/α-hetero) is 1. The number of hydrogen-bond donors (Lipinski definition) is 3. The summed E-state index contributed by atoms with van der Waals surface area (Å²) in [7, 11) is -4.21. The molecule has 1 aromatic rings. The van der Waals surface area contributed by atoms with Gasteiger partial charge in [0.2, 0.25) is 0 Å². The highest BCUT2D eigenvalue weighted by molar-refractivity contribution is 6.78. The van der Waals surface area contributed by atoms with Crippen LogP contribution in [0.25, 0.3) is 0 Å². The molecule has 1 aliphatic heterocycles. The summed E-state index contributed by atoms with van der Waals surface area (Å²) < 4.78 is 37.5. The maximum Gasteiger partial charge on any atom is 0.338 e. The molecule has 2 saturated carbocycles. The molecule has 0 aromatic heterocycles. The van der Waals surface area contributed by atoms with Crippen molar-refractivity contribution in [3.63, 3.8) is 0 Å². The lowest BCUT2D eigenvalue weighted by molar-refractivity contribution is -0.345. The summed E-state index contributed by atoms with van der Waals surface area (Å²) in [5, 5.41) is 36.5. The van der Waals surface area contributed by atoms with Crippen molar-refractivity contribution in [1.29, 1.82) is 0 Å². The van der Waals surface area contributed by atoms with E-state index < -0.39 is 93.3 Å². The Morgan fingerprint density at radius 1 is 1.02 bits per heavy atom. The number of rotatable bonds is 8. The van der Waals surface area contributed by atoms with Crippen LogP contribution in [0.1, 0.15) is 57.8 Å². The zero-order valence-corrected chi connectivity index (χ0v) is 31.5. The number of benzene rings is 1. The molecule has 1 heterocycles. The Balaban J connectivity index is 1.80. The predicted octanol–water partition coefficient (Wildman–Crippen LogP) is 3.17. The zero-order chi connectivity index (χ0) is 35.8. The SMILES string of the molecule is CO[Si](C)(C)O[Si](C)(C)O[C@H]1C[C@H]2OC[C@@]2(OC(C)=O)C2[C@H](OC(=O)c3ccccc3)[C@]3(O)C[C@H](O)C(C)=C([C@@H](O)C(=O)[C@@]21C)C3(C)C. The summed E-state index contributed by atoms with van der Waals surface area (Å²) in [6.45, 7) is 15.1. The average molecular weight is 707 g/mol. The Morgan fingerprint density at radius 3 is 2.19 bits per heavy atom. The van der Waals surface area contributed by atoms with Gasteiger partial charge in [-0.15, -0.1) is 0 Å². The maximum atomic E-state index is 15.2. The van der Waals surface area contributed by atoms with E-state index in [0.29, 0.717) is 5.57 Å². The molecule has 48 heavy (non-hydrogen) atoms. The first-order valence-electron chi connectivity index (χ1n) is 16.4. The molecular formula is C34H50O12Si2. The van der Waals surface area contributed by atoms with Crippen LogP contribution in [0.5, 0.6) is 0 Å². The van der Waals surface area contributed by atoms with E-state index in [1.54, 1.807) is 65.1 Å². The number of ketones is 1. The summed E-state index contributed by atoms with van der Waals surface area (Å²) in [5.74, 6) is -3.42. The van der Waals surface area contributed by atoms with E-state index in [2.05, 4.69) is 0 Å². The smallest absolute Gasteiger partial charge is 0.338 e. The predicted molar refractivity (Wildman–Crippen MR) is 177 cm³/mol. The molecule has 2 bridgehead atoms. The van der Waals surface area contributed by atoms with Gasteiger partial charge < -0.3 is 42.5 Å². The van der Waals surface area contributed by atoms with E-state index in [1.807, 2.05) is 26.2 Å². The largest absolute Gasteiger partial charge is 0.455 e. The molecule has 12 nitrogen and oxygen atoms in total. The van der Waals surface area contributed by atoms with E-state index >= 15 is 4.79 Å². The van der Waals surface area contributed by atoms with E-state index in [0.717, 1.165) is 0 Å². The van der Waals surface area contributed by atoms with Gasteiger partial charge >= 0.3 is 29.1 Å². The third kappa shape index (κ3) is 5.66. The van der Waals surface area contributed by atoms with Crippen LogP contribution < -0.4 is 0 Å². The van der Waals surface area contributed by atoms with Gasteiger partial charge in [-0.25, -0.2) is 4.79 Å². The van der Waals surface area contributed by atoms with E-state index in [9.17, 15) is 24.9 Å². The fraction of sp³-hybridized carbons (Fsp3) is 0.676. The quantitative estimate of drug-likeness (QED) is 0.206. The molecule has 0 spiro atoms. The van der Waals surface area contributed by atoms with Crippen LogP contribution in [0, 0.1) is 16.7 Å². The van der Waals surface area contributed by atoms with Crippen molar-refractivity contribution in [2.75, 3.05) is 13.7 Å². The zero-order valence-electron chi connectivity index (χ0n) is 29.5. The summed E-state index contributed by atoms with van der Waals surface area (Å²) in [6.07, 6.45) is -6.66. The highest BCUT2D eigenvalue weighted by Gasteiger charge is 2.78. The van der Waals surface area contributed by atoms with Crippen LogP contribution in [-0.4, -0.2) is 106 Å². The highest BCUT2D eigenvalue weighted by atomic mass is 28.5. The van der Waals surface area contributed by atoms with Crippen molar-refractivity contribution in [2.24, 2.45) is 16.7 Å². The Morgan fingerprint density at radius 2 is 1.65 bits per heavy atom. The fourth-order valence-corrected chi connectivity index (χ4v) is 15.1. The standard InChI is InChI=1S/C34H50O12Si2/c1-19-22(36)17-34(40)29(43-30(39)21-14-12-11-13-15-21)27-32(5,28(38)26(37)25(19)31(34,3)4)23(45-48(9,10)46-47(7,8)41-6)16-24-33(27,18-42-24)44-20(2)35/h11-15,22-24,26-27,29,36-37,40H,16-18H2,1-10H3/t22-,23-,24+,26+,27?,29-,32+,33-,34+/m0/s1. The number of hydrogen-bond acceptors (Lipinski definition) is 12. The number of esters is 2. The molecule has 4 aliphatic rings. The summed E-state index contributed by atoms with van der Waals surface area (Å²) in [6, 6.07) is 8.22. The van der Waals surface area contributed by atoms with Crippen LogP contribution in [0.15, 0.2) is 41.5 Å². The van der Waals surface area contributed by atoms with Gasteiger partial charge in [0.25, 0.3) is 0 Å². The van der Waals surface area contributed by atoms with E-state index in [-0.39, 0.29) is 30.6 Å². The molecule has 1 unspecified atom stereocenters. The first kappa shape index (κ1) is 37.0. The van der Waals surface area contributed by atoms with Gasteiger partial charge in [0.05, 0.1) is 35.7 Å². The number of aliphatic hydroxyl groups is 3. The van der Waals surface area contributed by atoms with Crippen LogP contribution in [-0.2, 0) is 36.8 Å². The van der Waals surface area contributed by atoms with Gasteiger partial charge in [-0.3, -0.25) is 9.59 Å². The molecule has 9 atom stereocenters. The first-order chi connectivity index (χ1) is 22.1. The van der Waals surface area contributed by atoms with Crippen molar-refractivity contribution in [1.82, 2.24) is 0 Å². The fourth-order valence-electron chi connectivity index (χ4n) is 8.81. The minimum Gasteiger partial charge on any atom is -0.455 e. The van der Waals surface area contributed by atoms with Crippen molar-refractivity contribution in [2.45, 2.75) is 115 Å². The Bertz CT molecular complexity index is 1490. The second-order valence-corrected chi connectivity index (χ2v) is 22.4. The van der Waals surface area contributed by atoms with Crippen molar-refractivity contribution < 1.29 is 56.9 Å². The molecule has 3 N–H and O–H groups in total. The summed E-state index contributed by atoms with van der Waals surface area (Å²) in [5.41, 5.74) is -6.12. The molecule has 0 amide bonds. The van der Waals surface area contributed by atoms with E-state index in [1.165, 1.54) is 6.92 Å². The second kappa shape index (κ2) is 12.2. The van der Waals surface area contributed by atoms with Gasteiger partial charge in [0.15, 0.2) is 11.4 Å². The number of fused-ring (bicyclic) bond motifs is 5. The minimum atomic E-state index is -3.12. The lowest BCUT2D eigenvalue weighted by Gasteiger charge is -2.68. The normalized spacial score (nSPS) is 37.7.